The summed E-state index contributed by atoms with van der Waals surface area (Å²) in [6.45, 7) is 2.04. The molecule has 1 unspecified atom stereocenters. The van der Waals surface area contributed by atoms with E-state index in [1.54, 1.807) is 18.2 Å². The molecule has 2 heterocycles. The molecule has 1 aromatic carbocycles. The molecule has 1 fully saturated rings. The van der Waals surface area contributed by atoms with Gasteiger partial charge in [-0.2, -0.15) is 0 Å². The molecule has 1 N–H and O–H groups in total. The van der Waals surface area contributed by atoms with Crippen molar-refractivity contribution < 1.29 is 14.3 Å². The van der Waals surface area contributed by atoms with Gasteiger partial charge in [-0.3, -0.25) is 4.79 Å². The molecule has 2 aliphatic rings. The first-order valence-corrected chi connectivity index (χ1v) is 6.62. The predicted molar refractivity (Wildman–Crippen MR) is 70.6 cm³/mol. The first-order valence-electron chi connectivity index (χ1n) is 6.62. The zero-order valence-electron chi connectivity index (χ0n) is 11.0. The van der Waals surface area contributed by atoms with E-state index in [0.717, 1.165) is 13.0 Å². The Bertz CT molecular complexity index is 490. The first kappa shape index (κ1) is 12.3. The molecule has 3 rings (SSSR count). The van der Waals surface area contributed by atoms with Crippen LogP contribution in [0, 0.1) is 0 Å². The van der Waals surface area contributed by atoms with Crippen molar-refractivity contribution in [2.24, 2.45) is 0 Å². The zero-order valence-corrected chi connectivity index (χ0v) is 11.0. The molecule has 5 nitrogen and oxygen atoms in total. The summed E-state index contributed by atoms with van der Waals surface area (Å²) >= 11 is 0. The van der Waals surface area contributed by atoms with Gasteiger partial charge in [0.05, 0.1) is 0 Å². The summed E-state index contributed by atoms with van der Waals surface area (Å²) in [4.78, 5) is 14.4. The van der Waals surface area contributed by atoms with E-state index in [-0.39, 0.29) is 12.7 Å². The van der Waals surface area contributed by atoms with Crippen LogP contribution in [0.1, 0.15) is 23.2 Å². The van der Waals surface area contributed by atoms with Crippen LogP contribution in [0.15, 0.2) is 18.2 Å². The Labute approximate surface area is 112 Å². The molecule has 19 heavy (non-hydrogen) atoms. The predicted octanol–water partition coefficient (Wildman–Crippen LogP) is 1.24. The molecule has 1 amide bonds. The van der Waals surface area contributed by atoms with E-state index >= 15 is 0 Å². The lowest BCUT2D eigenvalue weighted by atomic mass is 10.1. The Hall–Kier alpha value is -1.75. The molecular formula is C14H18N2O3. The Morgan fingerprint density at radius 2 is 2.26 bits per heavy atom. The van der Waals surface area contributed by atoms with E-state index in [9.17, 15) is 4.79 Å². The molecule has 0 aromatic heterocycles. The molecule has 1 saturated heterocycles. The van der Waals surface area contributed by atoms with Gasteiger partial charge in [-0.15, -0.1) is 0 Å². The molecule has 102 valence electrons. The maximum absolute atomic E-state index is 12.1. The zero-order chi connectivity index (χ0) is 13.2. The molecule has 0 saturated carbocycles. The number of fused-ring (bicyclic) bond motifs is 1. The summed E-state index contributed by atoms with van der Waals surface area (Å²) in [5, 5.41) is 2.99. The summed E-state index contributed by atoms with van der Waals surface area (Å²) in [5.74, 6) is 1.29. The van der Waals surface area contributed by atoms with Gasteiger partial charge in [0.15, 0.2) is 11.5 Å². The van der Waals surface area contributed by atoms with Gasteiger partial charge in [-0.05, 0) is 44.6 Å². The van der Waals surface area contributed by atoms with Gasteiger partial charge in [0.2, 0.25) is 6.79 Å². The van der Waals surface area contributed by atoms with Gasteiger partial charge in [0.1, 0.15) is 0 Å². The van der Waals surface area contributed by atoms with Crippen molar-refractivity contribution in [3.8, 4) is 11.5 Å². The normalized spacial score (nSPS) is 21.6. The molecule has 2 aliphatic heterocycles. The number of hydrogen-bond acceptors (Lipinski definition) is 4. The number of likely N-dealkylation sites (tertiary alicyclic amines) is 1. The minimum absolute atomic E-state index is 0.0569. The van der Waals surface area contributed by atoms with E-state index in [4.69, 9.17) is 9.47 Å². The van der Waals surface area contributed by atoms with Crippen LogP contribution in [0.4, 0.5) is 0 Å². The third-order valence-corrected chi connectivity index (χ3v) is 3.80. The lowest BCUT2D eigenvalue weighted by molar-refractivity contribution is 0.0943. The minimum Gasteiger partial charge on any atom is -0.454 e. The van der Waals surface area contributed by atoms with E-state index in [0.29, 0.717) is 29.6 Å². The summed E-state index contributed by atoms with van der Waals surface area (Å²) in [6, 6.07) is 5.73. The summed E-state index contributed by atoms with van der Waals surface area (Å²) in [6.07, 6.45) is 2.36. The van der Waals surface area contributed by atoms with Gasteiger partial charge in [0, 0.05) is 18.2 Å². The van der Waals surface area contributed by atoms with Crippen LogP contribution in [0.3, 0.4) is 0 Å². The fraction of sp³-hybridized carbons (Fsp3) is 0.500. The SMILES string of the molecule is CN1CCCC1CNC(=O)c1ccc2c(c1)OCO2. The largest absolute Gasteiger partial charge is 0.454 e. The number of likely N-dealkylation sites (N-methyl/N-ethyl adjacent to an activating group) is 1. The van der Waals surface area contributed by atoms with Gasteiger partial charge in [-0.1, -0.05) is 0 Å². The highest BCUT2D eigenvalue weighted by Gasteiger charge is 2.22. The van der Waals surface area contributed by atoms with Crippen molar-refractivity contribution >= 4 is 5.91 Å². The molecule has 0 spiro atoms. The highest BCUT2D eigenvalue weighted by Crippen LogP contribution is 2.32. The number of amides is 1. The molecule has 0 bridgehead atoms. The Morgan fingerprint density at radius 3 is 3.05 bits per heavy atom. The Kier molecular flexibility index (Phi) is 3.29. The maximum Gasteiger partial charge on any atom is 0.251 e. The fourth-order valence-corrected chi connectivity index (χ4v) is 2.59. The fourth-order valence-electron chi connectivity index (χ4n) is 2.59. The topological polar surface area (TPSA) is 50.8 Å². The standard InChI is InChI=1S/C14H18N2O3/c1-16-6-2-3-11(16)8-15-14(17)10-4-5-12-13(7-10)19-9-18-12/h4-5,7,11H,2-3,6,8-9H2,1H3,(H,15,17). The molecular weight excluding hydrogens is 244 g/mol. The third kappa shape index (κ3) is 2.51. The highest BCUT2D eigenvalue weighted by atomic mass is 16.7. The number of nitrogens with one attached hydrogen (secondary N) is 1. The average molecular weight is 262 g/mol. The number of nitrogens with zero attached hydrogens (tertiary/aromatic N) is 1. The molecule has 0 radical (unpaired) electrons. The Balaban J connectivity index is 1.61. The second-order valence-corrected chi connectivity index (χ2v) is 5.05. The minimum atomic E-state index is -0.0569. The van der Waals surface area contributed by atoms with Crippen LogP contribution in [0.25, 0.3) is 0 Å². The Morgan fingerprint density at radius 1 is 1.42 bits per heavy atom. The van der Waals surface area contributed by atoms with Crippen LogP contribution in [-0.4, -0.2) is 43.8 Å². The van der Waals surface area contributed by atoms with E-state index < -0.39 is 0 Å². The smallest absolute Gasteiger partial charge is 0.251 e. The number of carbonyl (C=O) groups excluding carboxylic acids is 1. The highest BCUT2D eigenvalue weighted by molar-refractivity contribution is 5.94. The van der Waals surface area contributed by atoms with Crippen LogP contribution >= 0.6 is 0 Å². The van der Waals surface area contributed by atoms with Crippen LogP contribution in [-0.2, 0) is 0 Å². The van der Waals surface area contributed by atoms with Crippen molar-refractivity contribution in [1.29, 1.82) is 0 Å². The van der Waals surface area contributed by atoms with Crippen molar-refractivity contribution in [3.63, 3.8) is 0 Å². The lowest BCUT2D eigenvalue weighted by Crippen LogP contribution is -2.38. The number of carbonyl (C=O) groups is 1. The maximum atomic E-state index is 12.1. The average Bonchev–Trinajstić information content (AvgIpc) is 3.03. The number of rotatable bonds is 3. The quantitative estimate of drug-likeness (QED) is 0.890. The van der Waals surface area contributed by atoms with Crippen molar-refractivity contribution in [2.75, 3.05) is 26.9 Å². The van der Waals surface area contributed by atoms with Crippen LogP contribution < -0.4 is 14.8 Å². The molecule has 5 heteroatoms. The molecule has 1 atom stereocenters. The molecule has 0 aliphatic carbocycles. The van der Waals surface area contributed by atoms with Crippen molar-refractivity contribution in [1.82, 2.24) is 10.2 Å². The monoisotopic (exact) mass is 262 g/mol. The van der Waals surface area contributed by atoms with Gasteiger partial charge < -0.3 is 19.7 Å². The van der Waals surface area contributed by atoms with E-state index in [2.05, 4.69) is 17.3 Å². The van der Waals surface area contributed by atoms with E-state index in [1.165, 1.54) is 6.42 Å². The van der Waals surface area contributed by atoms with Crippen LogP contribution in [0.5, 0.6) is 11.5 Å². The summed E-state index contributed by atoms with van der Waals surface area (Å²) in [5.41, 5.74) is 0.616. The van der Waals surface area contributed by atoms with Crippen molar-refractivity contribution in [3.05, 3.63) is 23.8 Å². The second-order valence-electron chi connectivity index (χ2n) is 5.05. The number of ether oxygens (including phenoxy) is 2. The van der Waals surface area contributed by atoms with Gasteiger partial charge in [-0.25, -0.2) is 0 Å². The lowest BCUT2D eigenvalue weighted by Gasteiger charge is -2.19. The van der Waals surface area contributed by atoms with E-state index in [1.807, 2.05) is 0 Å². The first-order chi connectivity index (χ1) is 9.24. The summed E-state index contributed by atoms with van der Waals surface area (Å²) in [7, 11) is 2.10. The number of benzene rings is 1. The van der Waals surface area contributed by atoms with Crippen molar-refractivity contribution in [2.45, 2.75) is 18.9 Å². The van der Waals surface area contributed by atoms with Crippen LogP contribution in [0.2, 0.25) is 0 Å². The van der Waals surface area contributed by atoms with Gasteiger partial charge in [0.25, 0.3) is 5.91 Å². The molecule has 1 aromatic rings. The second kappa shape index (κ2) is 5.09. The van der Waals surface area contributed by atoms with Gasteiger partial charge >= 0.3 is 0 Å². The third-order valence-electron chi connectivity index (χ3n) is 3.80. The number of hydrogen-bond donors (Lipinski definition) is 1. The summed E-state index contributed by atoms with van der Waals surface area (Å²) < 4.78 is 10.5.